The van der Waals surface area contributed by atoms with E-state index in [1.54, 1.807) is 13.8 Å². The molecule has 0 amide bonds. The summed E-state index contributed by atoms with van der Waals surface area (Å²) in [6.07, 6.45) is -9.61. The highest BCUT2D eigenvalue weighted by Gasteiger charge is 2.72. The number of rotatable bonds is 13. The molecule has 0 heterocycles. The van der Waals surface area contributed by atoms with Gasteiger partial charge in [-0.3, -0.25) is 0 Å². The van der Waals surface area contributed by atoms with Crippen LogP contribution in [0.1, 0.15) is 38.9 Å². The first-order valence-corrected chi connectivity index (χ1v) is 17.4. The van der Waals surface area contributed by atoms with Crippen molar-refractivity contribution in [2.24, 2.45) is 0 Å². The Bertz CT molecular complexity index is 2450. The van der Waals surface area contributed by atoms with E-state index in [0.717, 1.165) is 24.3 Å². The molecular weight excluding hydrogens is 903 g/mol. The molecule has 0 saturated carbocycles. The fourth-order valence-corrected chi connectivity index (χ4v) is 5.84. The first kappa shape index (κ1) is 50.0. The second-order valence-electron chi connectivity index (χ2n) is 12.9. The molecule has 0 fully saturated rings. The molecule has 5 aromatic carbocycles. The average molecular weight is 931 g/mol. The number of benzene rings is 5. The Kier molecular flexibility index (Phi) is 15.1. The summed E-state index contributed by atoms with van der Waals surface area (Å²) < 4.78 is 256. The van der Waals surface area contributed by atoms with Gasteiger partial charge in [-0.05, 0) is 25.0 Å². The Morgan fingerprint density at radius 2 is 0.625 bits per heavy atom. The first-order valence-electron chi connectivity index (χ1n) is 17.4. The van der Waals surface area contributed by atoms with Gasteiger partial charge in [0.15, 0.2) is 34.8 Å². The zero-order valence-corrected chi connectivity index (χ0v) is 32.4. The van der Waals surface area contributed by atoms with E-state index < -0.39 is 146 Å². The van der Waals surface area contributed by atoms with E-state index in [1.807, 2.05) is 0 Å². The molecule has 0 saturated heterocycles. The third-order valence-corrected chi connectivity index (χ3v) is 9.03. The van der Waals surface area contributed by atoms with Crippen LogP contribution >= 0.6 is 0 Å². The van der Waals surface area contributed by atoms with Crippen molar-refractivity contribution >= 4 is 18.2 Å². The van der Waals surface area contributed by atoms with Gasteiger partial charge in [-0.2, -0.15) is 52.7 Å². The molecule has 0 radical (unpaired) electrons. The highest BCUT2D eigenvalue weighted by atomic mass is 19.4. The first-order chi connectivity index (χ1) is 29.8. The van der Waals surface area contributed by atoms with Crippen molar-refractivity contribution in [1.82, 2.24) is 0 Å². The van der Waals surface area contributed by atoms with Gasteiger partial charge in [0.2, 0.25) is 71.2 Å². The minimum Gasteiger partial charge on any atom is -0.454 e. The van der Waals surface area contributed by atoms with Crippen LogP contribution in [0.15, 0.2) is 68.3 Å². The topological polar surface area (TPSA) is 36.9 Å². The molecule has 4 nitrogen and oxygen atoms in total. The van der Waals surface area contributed by atoms with Crippen LogP contribution < -0.4 is 18.9 Å². The summed E-state index contributed by atoms with van der Waals surface area (Å²) >= 11 is 0. The van der Waals surface area contributed by atoms with E-state index in [4.69, 9.17) is 4.74 Å². The molecule has 64 heavy (non-hydrogen) atoms. The fraction of sp³-hybridized carbons (Fsp3) is 0.163. The van der Waals surface area contributed by atoms with Crippen LogP contribution in [-0.2, 0) is 5.41 Å². The van der Waals surface area contributed by atoms with Crippen LogP contribution in [-0.4, -0.2) is 25.9 Å². The van der Waals surface area contributed by atoms with Crippen LogP contribution in [0.5, 0.6) is 23.0 Å². The summed E-state index contributed by atoms with van der Waals surface area (Å²) in [5.41, 5.74) is -7.97. The van der Waals surface area contributed by atoms with Gasteiger partial charge in [0.25, 0.3) is 0 Å². The van der Waals surface area contributed by atoms with E-state index in [0.29, 0.717) is 29.4 Å². The molecule has 342 valence electrons. The van der Waals surface area contributed by atoms with Crippen molar-refractivity contribution in [3.8, 4) is 23.0 Å². The molecule has 0 unspecified atom stereocenters. The van der Waals surface area contributed by atoms with Crippen molar-refractivity contribution in [3.63, 3.8) is 0 Å². The molecule has 0 aromatic heterocycles. The van der Waals surface area contributed by atoms with E-state index in [-0.39, 0.29) is 0 Å². The summed E-state index contributed by atoms with van der Waals surface area (Å²) in [5.74, 6) is -28.1. The maximum absolute atomic E-state index is 15.0. The van der Waals surface area contributed by atoms with Gasteiger partial charge in [-0.15, -0.1) is 0 Å². The molecule has 0 spiro atoms. The standard InChI is InChI=1S/C26H13F11O4.C17H14F6/c1-4-9-12(27)17(32)24(18(33)13(9)28)39-7-38-23-11(6-3)16(31)21(36)26(22(23)37)41-8-40-25-19(34)14(29)10(5-2)15(30)20(25)35;1-11-3-7-13(8-4-11)15(16(18,19)20,17(21,22)23)14-9-5-12(2)6-10-14/h4-6H,1-3,7-8H2;3-10H,1-2H3. The predicted molar refractivity (Wildman–Crippen MR) is 197 cm³/mol. The van der Waals surface area contributed by atoms with Crippen molar-refractivity contribution in [1.29, 1.82) is 0 Å². The number of aryl methyl sites for hydroxylation is 2. The Balaban J connectivity index is 0.000000329. The van der Waals surface area contributed by atoms with Gasteiger partial charge in [0, 0.05) is 0 Å². The maximum Gasteiger partial charge on any atom is 0.411 e. The number of halogens is 17. The van der Waals surface area contributed by atoms with Gasteiger partial charge in [0.05, 0.1) is 16.7 Å². The van der Waals surface area contributed by atoms with Crippen LogP contribution in [0.3, 0.4) is 0 Å². The van der Waals surface area contributed by atoms with E-state index >= 15 is 4.39 Å². The van der Waals surface area contributed by atoms with Crippen molar-refractivity contribution in [3.05, 3.63) is 171 Å². The van der Waals surface area contributed by atoms with Crippen molar-refractivity contribution < 1.29 is 93.6 Å². The van der Waals surface area contributed by atoms with Crippen LogP contribution in [0.4, 0.5) is 74.6 Å². The van der Waals surface area contributed by atoms with Gasteiger partial charge in [-0.1, -0.05) is 97.6 Å². The Morgan fingerprint density at radius 3 is 0.891 bits per heavy atom. The normalized spacial score (nSPS) is 11.7. The van der Waals surface area contributed by atoms with Crippen LogP contribution in [0.25, 0.3) is 18.2 Å². The summed E-state index contributed by atoms with van der Waals surface area (Å²) in [7, 11) is 0. The van der Waals surface area contributed by atoms with Gasteiger partial charge in [0.1, 0.15) is 0 Å². The smallest absolute Gasteiger partial charge is 0.411 e. The Hall–Kier alpha value is -6.67. The summed E-state index contributed by atoms with van der Waals surface area (Å²) in [6, 6.07) is 8.52. The monoisotopic (exact) mass is 930 g/mol. The maximum atomic E-state index is 15.0. The summed E-state index contributed by atoms with van der Waals surface area (Å²) in [6.45, 7) is 9.23. The number of hydrogen-bond acceptors (Lipinski definition) is 4. The zero-order chi connectivity index (χ0) is 48.2. The Morgan fingerprint density at radius 1 is 0.375 bits per heavy atom. The van der Waals surface area contributed by atoms with E-state index in [9.17, 15) is 70.2 Å². The van der Waals surface area contributed by atoms with E-state index in [2.05, 4.69) is 33.9 Å². The minimum absolute atomic E-state index is 0.461. The van der Waals surface area contributed by atoms with Crippen molar-refractivity contribution in [2.45, 2.75) is 31.6 Å². The quantitative estimate of drug-likeness (QED) is 0.0670. The second-order valence-corrected chi connectivity index (χ2v) is 12.9. The average Bonchev–Trinajstić information content (AvgIpc) is 3.23. The number of ether oxygens (including phenoxy) is 4. The molecule has 0 N–H and O–H groups in total. The lowest BCUT2D eigenvalue weighted by Crippen LogP contribution is -2.54. The minimum atomic E-state index is -5.53. The third kappa shape index (κ3) is 9.19. The molecule has 21 heteroatoms. The zero-order valence-electron chi connectivity index (χ0n) is 32.4. The predicted octanol–water partition coefficient (Wildman–Crippen LogP) is 13.7. The lowest BCUT2D eigenvalue weighted by molar-refractivity contribution is -0.288. The molecule has 0 aliphatic heterocycles. The SMILES string of the molecule is C=Cc1c(F)c(F)c(OCOc2c(F)c(F)c(C=C)c(OCOc3c(F)c(F)c(C=C)c(F)c3F)c2F)c(F)c1F.Cc1ccc(C(c2ccc(C)cc2)(C(F)(F)F)C(F)(F)F)cc1. The Labute approximate surface area is 351 Å². The fourth-order valence-electron chi connectivity index (χ4n) is 5.84. The third-order valence-electron chi connectivity index (χ3n) is 9.03. The molecule has 5 aromatic rings. The lowest BCUT2D eigenvalue weighted by Gasteiger charge is -2.38. The summed E-state index contributed by atoms with van der Waals surface area (Å²) in [5, 5.41) is 0. The molecule has 0 bridgehead atoms. The molecular formula is C43H27F17O4. The van der Waals surface area contributed by atoms with Gasteiger partial charge >= 0.3 is 12.4 Å². The molecule has 0 aliphatic carbocycles. The summed E-state index contributed by atoms with van der Waals surface area (Å²) in [4.78, 5) is 0. The van der Waals surface area contributed by atoms with Gasteiger partial charge in [-0.25, -0.2) is 22.0 Å². The highest BCUT2D eigenvalue weighted by molar-refractivity contribution is 5.60. The second kappa shape index (κ2) is 19.4. The van der Waals surface area contributed by atoms with Gasteiger partial charge < -0.3 is 18.9 Å². The molecule has 0 aliphatic rings. The van der Waals surface area contributed by atoms with E-state index in [1.165, 1.54) is 24.3 Å². The van der Waals surface area contributed by atoms with Crippen molar-refractivity contribution in [2.75, 3.05) is 13.6 Å². The van der Waals surface area contributed by atoms with Crippen LogP contribution in [0, 0.1) is 77.8 Å². The number of alkyl halides is 6. The molecule has 0 atom stereocenters. The largest absolute Gasteiger partial charge is 0.454 e. The number of hydrogen-bond donors (Lipinski definition) is 0. The molecule has 5 rings (SSSR count). The lowest BCUT2D eigenvalue weighted by atomic mass is 9.72. The van der Waals surface area contributed by atoms with Crippen LogP contribution in [0.2, 0.25) is 0 Å². The highest BCUT2D eigenvalue weighted by Crippen LogP contribution is 2.56.